The van der Waals surface area contributed by atoms with Gasteiger partial charge in [0.25, 0.3) is 0 Å². The minimum Gasteiger partial charge on any atom is -0.453 e. The number of hydrogen-bond donors (Lipinski definition) is 2. The van der Waals surface area contributed by atoms with Crippen LogP contribution in [0.15, 0.2) is 48.7 Å². The van der Waals surface area contributed by atoms with Gasteiger partial charge < -0.3 is 9.72 Å². The van der Waals surface area contributed by atoms with E-state index in [0.29, 0.717) is 18.2 Å². The van der Waals surface area contributed by atoms with Crippen LogP contribution in [0.2, 0.25) is 0 Å². The molecule has 2 atom stereocenters. The van der Waals surface area contributed by atoms with Crippen LogP contribution in [0.3, 0.4) is 0 Å². The van der Waals surface area contributed by atoms with Crippen molar-refractivity contribution >= 4 is 17.7 Å². The van der Waals surface area contributed by atoms with E-state index < -0.39 is 6.09 Å². The van der Waals surface area contributed by atoms with Gasteiger partial charge >= 0.3 is 6.09 Å². The Morgan fingerprint density at radius 3 is 2.71 bits per heavy atom. The van der Waals surface area contributed by atoms with Crippen molar-refractivity contribution < 1.29 is 14.3 Å². The standard InChI is InChI=1S/C25H25N3O3/c1-25(2)17-13-18(25)23(29)20-16(11-14-7-5-4-6-8-14)21(28-22(17)20)15-9-10-26-19(12-15)27-24(30)31-3/h4-10,12,17-18,28H,11,13H2,1-3H3,(H,26,27,30)/t17-,18+/m1/s1. The van der Waals surface area contributed by atoms with Gasteiger partial charge in [0.05, 0.1) is 12.8 Å². The number of amides is 1. The molecule has 6 nitrogen and oxygen atoms in total. The first-order valence-electron chi connectivity index (χ1n) is 10.5. The molecule has 0 spiro atoms. The number of benzene rings is 1. The number of ether oxygens (including phenoxy) is 1. The van der Waals surface area contributed by atoms with Crippen molar-refractivity contribution in [1.29, 1.82) is 0 Å². The van der Waals surface area contributed by atoms with Crippen LogP contribution in [0, 0.1) is 11.3 Å². The van der Waals surface area contributed by atoms with E-state index in [1.807, 2.05) is 30.3 Å². The molecule has 31 heavy (non-hydrogen) atoms. The molecule has 0 saturated heterocycles. The third-order valence-electron chi connectivity index (χ3n) is 7.00. The average Bonchev–Trinajstić information content (AvgIpc) is 3.14. The maximum absolute atomic E-state index is 13.5. The Kier molecular flexibility index (Phi) is 4.46. The molecule has 1 amide bonds. The van der Waals surface area contributed by atoms with E-state index in [1.165, 1.54) is 7.11 Å². The first kappa shape index (κ1) is 19.5. The van der Waals surface area contributed by atoms with Gasteiger partial charge in [-0.3, -0.25) is 10.1 Å². The second-order valence-electron chi connectivity index (χ2n) is 9.00. The topological polar surface area (TPSA) is 84.1 Å². The number of nitrogens with zero attached hydrogens (tertiary/aromatic N) is 1. The lowest BCUT2D eigenvalue weighted by atomic mass is 9.48. The fraction of sp³-hybridized carbons (Fsp3) is 0.320. The number of nitrogens with one attached hydrogen (secondary N) is 2. The molecule has 2 aromatic heterocycles. The second kappa shape index (κ2) is 7.08. The van der Waals surface area contributed by atoms with Crippen LogP contribution in [0.4, 0.5) is 10.6 Å². The molecule has 6 heteroatoms. The van der Waals surface area contributed by atoms with E-state index in [4.69, 9.17) is 0 Å². The summed E-state index contributed by atoms with van der Waals surface area (Å²) in [6, 6.07) is 13.9. The lowest BCUT2D eigenvalue weighted by molar-refractivity contribution is 0.0193. The third kappa shape index (κ3) is 3.05. The van der Waals surface area contributed by atoms with Crippen LogP contribution < -0.4 is 5.32 Å². The van der Waals surface area contributed by atoms with Crippen LogP contribution >= 0.6 is 0 Å². The van der Waals surface area contributed by atoms with Crippen LogP contribution in [-0.4, -0.2) is 29.0 Å². The van der Waals surface area contributed by atoms with Gasteiger partial charge in [0, 0.05) is 41.3 Å². The zero-order valence-electron chi connectivity index (χ0n) is 17.9. The first-order valence-corrected chi connectivity index (χ1v) is 10.5. The number of carbonyl (C=O) groups excluding carboxylic acids is 2. The summed E-state index contributed by atoms with van der Waals surface area (Å²) < 4.78 is 4.68. The molecule has 0 radical (unpaired) electrons. The molecule has 0 aliphatic heterocycles. The number of H-pyrrole nitrogens is 1. The maximum Gasteiger partial charge on any atom is 0.412 e. The highest BCUT2D eigenvalue weighted by molar-refractivity contribution is 6.05. The molecule has 2 bridgehead atoms. The molecule has 3 aliphatic rings. The first-order chi connectivity index (χ1) is 14.9. The molecule has 3 aliphatic carbocycles. The summed E-state index contributed by atoms with van der Waals surface area (Å²) in [6.45, 7) is 4.38. The van der Waals surface area contributed by atoms with Gasteiger partial charge in [0.1, 0.15) is 5.82 Å². The molecule has 1 aromatic carbocycles. The lowest BCUT2D eigenvalue weighted by Crippen LogP contribution is -2.51. The van der Waals surface area contributed by atoms with E-state index in [1.54, 1.807) is 6.20 Å². The fourth-order valence-corrected chi connectivity index (χ4v) is 5.17. The van der Waals surface area contributed by atoms with Gasteiger partial charge in [-0.1, -0.05) is 44.2 Å². The van der Waals surface area contributed by atoms with Crippen molar-refractivity contribution in [3.63, 3.8) is 0 Å². The molecular formula is C25H25N3O3. The Hall–Kier alpha value is -3.41. The molecule has 2 N–H and O–H groups in total. The van der Waals surface area contributed by atoms with E-state index in [9.17, 15) is 9.59 Å². The normalized spacial score (nSPS) is 20.5. The predicted octanol–water partition coefficient (Wildman–Crippen LogP) is 5.17. The molecule has 1 fully saturated rings. The van der Waals surface area contributed by atoms with Crippen LogP contribution in [0.5, 0.6) is 0 Å². The summed E-state index contributed by atoms with van der Waals surface area (Å²) in [5.41, 5.74) is 5.86. The Morgan fingerprint density at radius 2 is 2.00 bits per heavy atom. The third-order valence-corrected chi connectivity index (χ3v) is 7.00. The molecule has 158 valence electrons. The number of aromatic nitrogens is 2. The van der Waals surface area contributed by atoms with Crippen LogP contribution in [0.1, 0.15) is 53.4 Å². The number of carbonyl (C=O) groups is 2. The van der Waals surface area contributed by atoms with Crippen molar-refractivity contribution in [2.24, 2.45) is 11.3 Å². The SMILES string of the molecule is COC(=O)Nc1cc(-c2[nH]c3c(c2Cc2ccccc2)C(=O)[C@@H]2C[C@H]3C2(C)C)ccn1. The van der Waals surface area contributed by atoms with Gasteiger partial charge in [-0.05, 0) is 35.1 Å². The largest absolute Gasteiger partial charge is 0.453 e. The summed E-state index contributed by atoms with van der Waals surface area (Å²) in [6.07, 6.45) is 2.65. The monoisotopic (exact) mass is 415 g/mol. The van der Waals surface area contributed by atoms with Crippen molar-refractivity contribution in [2.45, 2.75) is 32.6 Å². The zero-order chi connectivity index (χ0) is 21.8. The quantitative estimate of drug-likeness (QED) is 0.616. The number of methoxy groups -OCH3 is 1. The Morgan fingerprint density at radius 1 is 1.23 bits per heavy atom. The van der Waals surface area contributed by atoms with E-state index in [2.05, 4.69) is 46.0 Å². The lowest BCUT2D eigenvalue weighted by Gasteiger charge is -2.54. The number of rotatable bonds is 4. The molecular weight excluding hydrogens is 390 g/mol. The van der Waals surface area contributed by atoms with Gasteiger partial charge in [-0.15, -0.1) is 0 Å². The van der Waals surface area contributed by atoms with Crippen molar-refractivity contribution in [2.75, 3.05) is 12.4 Å². The summed E-state index contributed by atoms with van der Waals surface area (Å²) >= 11 is 0. The smallest absolute Gasteiger partial charge is 0.412 e. The number of ketones is 1. The highest BCUT2D eigenvalue weighted by atomic mass is 16.5. The molecule has 1 saturated carbocycles. The maximum atomic E-state index is 13.5. The minimum absolute atomic E-state index is 0.0218. The number of aromatic amines is 1. The van der Waals surface area contributed by atoms with Crippen LogP contribution in [-0.2, 0) is 11.2 Å². The summed E-state index contributed by atoms with van der Waals surface area (Å²) in [7, 11) is 1.32. The highest BCUT2D eigenvalue weighted by Gasteiger charge is 2.58. The zero-order valence-corrected chi connectivity index (χ0v) is 17.9. The molecule has 6 rings (SSSR count). The van der Waals surface area contributed by atoms with E-state index in [-0.39, 0.29) is 17.1 Å². The summed E-state index contributed by atoms with van der Waals surface area (Å²) in [5, 5.41) is 2.62. The number of pyridine rings is 1. The molecule has 2 heterocycles. The number of anilines is 1. The molecule has 3 aromatic rings. The minimum atomic E-state index is -0.572. The van der Waals surface area contributed by atoms with Gasteiger partial charge in [0.15, 0.2) is 5.78 Å². The van der Waals surface area contributed by atoms with Gasteiger partial charge in [-0.25, -0.2) is 9.78 Å². The second-order valence-corrected chi connectivity index (χ2v) is 9.00. The van der Waals surface area contributed by atoms with E-state index >= 15 is 0 Å². The highest BCUT2D eigenvalue weighted by Crippen LogP contribution is 2.62. The van der Waals surface area contributed by atoms with Crippen molar-refractivity contribution in [1.82, 2.24) is 9.97 Å². The summed E-state index contributed by atoms with van der Waals surface area (Å²) in [4.78, 5) is 32.9. The molecule has 0 unspecified atom stereocenters. The van der Waals surface area contributed by atoms with Crippen molar-refractivity contribution in [3.8, 4) is 11.3 Å². The number of Topliss-reactive ketones (excluding diaryl/α,β-unsaturated/α-hetero) is 1. The Labute approximate surface area is 181 Å². The van der Waals surface area contributed by atoms with Crippen molar-refractivity contribution in [3.05, 3.63) is 71.0 Å². The van der Waals surface area contributed by atoms with Crippen LogP contribution in [0.25, 0.3) is 11.3 Å². The fourth-order valence-electron chi connectivity index (χ4n) is 5.17. The van der Waals surface area contributed by atoms with E-state index in [0.717, 1.165) is 40.1 Å². The summed E-state index contributed by atoms with van der Waals surface area (Å²) in [5.74, 6) is 1.08. The van der Waals surface area contributed by atoms with Gasteiger partial charge in [0.2, 0.25) is 0 Å². The Bertz CT molecular complexity index is 1180. The van der Waals surface area contributed by atoms with Gasteiger partial charge in [-0.2, -0.15) is 0 Å². The Balaban J connectivity index is 1.64. The number of hydrogen-bond acceptors (Lipinski definition) is 4. The predicted molar refractivity (Wildman–Crippen MR) is 118 cm³/mol. The average molecular weight is 415 g/mol.